The van der Waals surface area contributed by atoms with Crippen LogP contribution in [0, 0.1) is 0 Å². The molecule has 0 aromatic heterocycles. The standard InChI is InChI=1S/C14H22N2O2S2/c1-3-11-4-5-14(8-12(11)9-15)20(17,18)16(2)13-6-7-19-10-13/h4-5,8,13H,3,6-7,9-10,15H2,1-2H3. The molecule has 1 aromatic rings. The van der Waals surface area contributed by atoms with E-state index in [0.717, 1.165) is 35.5 Å². The summed E-state index contributed by atoms with van der Waals surface area (Å²) in [5, 5.41) is 0. The molecule has 1 saturated heterocycles. The summed E-state index contributed by atoms with van der Waals surface area (Å²) in [7, 11) is -1.73. The van der Waals surface area contributed by atoms with Crippen molar-refractivity contribution in [3.63, 3.8) is 0 Å². The van der Waals surface area contributed by atoms with Crippen molar-refractivity contribution in [2.45, 2.75) is 37.2 Å². The summed E-state index contributed by atoms with van der Waals surface area (Å²) in [5.74, 6) is 1.92. The second-order valence-electron chi connectivity index (χ2n) is 5.03. The van der Waals surface area contributed by atoms with Crippen molar-refractivity contribution in [3.05, 3.63) is 29.3 Å². The molecule has 1 fully saturated rings. The van der Waals surface area contributed by atoms with E-state index in [1.54, 1.807) is 19.2 Å². The van der Waals surface area contributed by atoms with Crippen LogP contribution in [0.25, 0.3) is 0 Å². The maximum absolute atomic E-state index is 12.7. The average Bonchev–Trinajstić information content (AvgIpc) is 2.99. The van der Waals surface area contributed by atoms with Crippen LogP contribution in [0.5, 0.6) is 0 Å². The Kier molecular flexibility index (Phi) is 5.12. The first kappa shape index (κ1) is 15.8. The highest BCUT2D eigenvalue weighted by Gasteiger charge is 2.30. The molecule has 6 heteroatoms. The smallest absolute Gasteiger partial charge is 0.243 e. The van der Waals surface area contributed by atoms with Gasteiger partial charge in [0.05, 0.1) is 4.90 Å². The van der Waals surface area contributed by atoms with Gasteiger partial charge in [-0.2, -0.15) is 16.1 Å². The lowest BCUT2D eigenvalue weighted by Crippen LogP contribution is -2.37. The highest BCUT2D eigenvalue weighted by Crippen LogP contribution is 2.27. The minimum atomic E-state index is -3.42. The number of thioether (sulfide) groups is 1. The van der Waals surface area contributed by atoms with E-state index in [0.29, 0.717) is 11.4 Å². The Labute approximate surface area is 125 Å². The Bertz CT molecular complexity index is 567. The number of hydrogen-bond acceptors (Lipinski definition) is 4. The molecule has 1 aliphatic rings. The van der Waals surface area contributed by atoms with Crippen LogP contribution in [0.4, 0.5) is 0 Å². The molecule has 4 nitrogen and oxygen atoms in total. The first-order valence-corrected chi connectivity index (χ1v) is 9.47. The van der Waals surface area contributed by atoms with E-state index < -0.39 is 10.0 Å². The lowest BCUT2D eigenvalue weighted by atomic mass is 10.1. The van der Waals surface area contributed by atoms with Crippen LogP contribution in [-0.2, 0) is 23.0 Å². The van der Waals surface area contributed by atoms with Gasteiger partial charge < -0.3 is 5.73 Å². The molecule has 20 heavy (non-hydrogen) atoms. The fourth-order valence-corrected chi connectivity index (χ4v) is 5.27. The van der Waals surface area contributed by atoms with Crippen LogP contribution < -0.4 is 5.73 Å². The van der Waals surface area contributed by atoms with Crippen molar-refractivity contribution in [1.29, 1.82) is 0 Å². The first-order valence-electron chi connectivity index (χ1n) is 6.88. The molecule has 1 atom stereocenters. The Hall–Kier alpha value is -0.560. The molecule has 0 spiro atoms. The highest BCUT2D eigenvalue weighted by atomic mass is 32.2. The summed E-state index contributed by atoms with van der Waals surface area (Å²) in [6.07, 6.45) is 1.79. The maximum atomic E-state index is 12.7. The average molecular weight is 314 g/mol. The fraction of sp³-hybridized carbons (Fsp3) is 0.571. The van der Waals surface area contributed by atoms with Crippen molar-refractivity contribution in [3.8, 4) is 0 Å². The number of sulfonamides is 1. The number of hydrogen-bond donors (Lipinski definition) is 1. The van der Waals surface area contributed by atoms with Crippen molar-refractivity contribution >= 4 is 21.8 Å². The van der Waals surface area contributed by atoms with Gasteiger partial charge in [0, 0.05) is 25.4 Å². The fourth-order valence-electron chi connectivity index (χ4n) is 2.47. The summed E-state index contributed by atoms with van der Waals surface area (Å²) < 4.78 is 26.8. The summed E-state index contributed by atoms with van der Waals surface area (Å²) in [5.41, 5.74) is 7.76. The molecule has 112 valence electrons. The van der Waals surface area contributed by atoms with Crippen molar-refractivity contribution in [1.82, 2.24) is 4.31 Å². The minimum absolute atomic E-state index is 0.108. The molecule has 1 aromatic carbocycles. The summed E-state index contributed by atoms with van der Waals surface area (Å²) in [4.78, 5) is 0.356. The van der Waals surface area contributed by atoms with Crippen LogP contribution in [0.1, 0.15) is 24.5 Å². The van der Waals surface area contributed by atoms with Gasteiger partial charge in [0.25, 0.3) is 0 Å². The lowest BCUT2D eigenvalue weighted by Gasteiger charge is -2.23. The third-order valence-electron chi connectivity index (χ3n) is 3.88. The van der Waals surface area contributed by atoms with Crippen LogP contribution in [0.2, 0.25) is 0 Å². The zero-order chi connectivity index (χ0) is 14.8. The van der Waals surface area contributed by atoms with E-state index >= 15 is 0 Å². The van der Waals surface area contributed by atoms with Crippen LogP contribution in [-0.4, -0.2) is 37.3 Å². The minimum Gasteiger partial charge on any atom is -0.326 e. The molecule has 1 unspecified atom stereocenters. The SMILES string of the molecule is CCc1ccc(S(=O)(=O)N(C)C2CCSC2)cc1CN. The molecule has 2 N–H and O–H groups in total. The van der Waals surface area contributed by atoms with E-state index in [1.165, 1.54) is 4.31 Å². The topological polar surface area (TPSA) is 63.4 Å². The monoisotopic (exact) mass is 314 g/mol. The maximum Gasteiger partial charge on any atom is 0.243 e. The number of rotatable bonds is 5. The molecule has 0 aliphatic carbocycles. The molecule has 2 rings (SSSR count). The summed E-state index contributed by atoms with van der Waals surface area (Å²) in [6, 6.07) is 5.42. The number of nitrogens with zero attached hydrogens (tertiary/aromatic N) is 1. The molecular weight excluding hydrogens is 292 g/mol. The quantitative estimate of drug-likeness (QED) is 0.900. The van der Waals surface area contributed by atoms with Gasteiger partial charge in [-0.1, -0.05) is 13.0 Å². The second-order valence-corrected chi connectivity index (χ2v) is 8.17. The van der Waals surface area contributed by atoms with Gasteiger partial charge in [0.1, 0.15) is 0 Å². The number of benzene rings is 1. The Balaban J connectivity index is 2.33. The van der Waals surface area contributed by atoms with Gasteiger partial charge in [-0.05, 0) is 41.9 Å². The predicted octanol–water partition coefficient (Wildman–Crippen LogP) is 1.83. The molecule has 0 bridgehead atoms. The third kappa shape index (κ3) is 3.03. The van der Waals surface area contributed by atoms with Gasteiger partial charge in [-0.15, -0.1) is 0 Å². The highest BCUT2D eigenvalue weighted by molar-refractivity contribution is 7.99. The predicted molar refractivity (Wildman–Crippen MR) is 84.4 cm³/mol. The van der Waals surface area contributed by atoms with Crippen molar-refractivity contribution in [2.75, 3.05) is 18.6 Å². The summed E-state index contributed by atoms with van der Waals surface area (Å²) in [6.45, 7) is 2.42. The van der Waals surface area contributed by atoms with E-state index in [9.17, 15) is 8.42 Å². The molecule has 1 aliphatic heterocycles. The molecule has 1 heterocycles. The van der Waals surface area contributed by atoms with Crippen molar-refractivity contribution < 1.29 is 8.42 Å². The van der Waals surface area contributed by atoms with E-state index in [1.807, 2.05) is 24.8 Å². The molecule has 0 radical (unpaired) electrons. The molecular formula is C14H22N2O2S2. The Morgan fingerprint density at radius 2 is 2.15 bits per heavy atom. The second kappa shape index (κ2) is 6.47. The summed E-state index contributed by atoms with van der Waals surface area (Å²) >= 11 is 1.81. The zero-order valence-corrected chi connectivity index (χ0v) is 13.6. The van der Waals surface area contributed by atoms with Gasteiger partial charge >= 0.3 is 0 Å². The van der Waals surface area contributed by atoms with Gasteiger partial charge in [-0.25, -0.2) is 8.42 Å². The van der Waals surface area contributed by atoms with E-state index in [4.69, 9.17) is 5.73 Å². The lowest BCUT2D eigenvalue weighted by molar-refractivity contribution is 0.394. The number of aryl methyl sites for hydroxylation is 1. The Morgan fingerprint density at radius 1 is 1.40 bits per heavy atom. The van der Waals surface area contributed by atoms with Gasteiger partial charge in [0.2, 0.25) is 10.0 Å². The van der Waals surface area contributed by atoms with Crippen LogP contribution in [0.3, 0.4) is 0 Å². The largest absolute Gasteiger partial charge is 0.326 e. The Morgan fingerprint density at radius 3 is 2.70 bits per heavy atom. The van der Waals surface area contributed by atoms with Crippen LogP contribution >= 0.6 is 11.8 Å². The van der Waals surface area contributed by atoms with E-state index in [2.05, 4.69) is 0 Å². The molecule has 0 saturated carbocycles. The number of nitrogens with two attached hydrogens (primary N) is 1. The van der Waals surface area contributed by atoms with Crippen LogP contribution in [0.15, 0.2) is 23.1 Å². The molecule has 0 amide bonds. The normalized spacial score (nSPS) is 19.7. The first-order chi connectivity index (χ1) is 9.50. The van der Waals surface area contributed by atoms with Gasteiger partial charge in [0.15, 0.2) is 0 Å². The van der Waals surface area contributed by atoms with E-state index in [-0.39, 0.29) is 6.04 Å². The third-order valence-corrected chi connectivity index (χ3v) is 6.93. The zero-order valence-electron chi connectivity index (χ0n) is 12.0. The van der Waals surface area contributed by atoms with Gasteiger partial charge in [-0.3, -0.25) is 0 Å². The van der Waals surface area contributed by atoms with Crippen molar-refractivity contribution in [2.24, 2.45) is 5.73 Å².